The van der Waals surface area contributed by atoms with Crippen LogP contribution in [0.2, 0.25) is 0 Å². The fourth-order valence-corrected chi connectivity index (χ4v) is 5.04. The van der Waals surface area contributed by atoms with Crippen molar-refractivity contribution in [3.8, 4) is 5.75 Å². The lowest BCUT2D eigenvalue weighted by Gasteiger charge is -2.38. The standard InChI is InChI=1S/C22H24N2O3S/c1-2-27-16-12-10-15(11-13-16)20(24-14-6-5-8-18(24)22(25)26)21-23-17-7-3-4-9-19(17)28-21/h3-4,7,9-13,18,20H,2,5-6,8,14H2,1H3,(H,25,26). The molecule has 2 aromatic carbocycles. The summed E-state index contributed by atoms with van der Waals surface area (Å²) in [5, 5.41) is 10.8. The Morgan fingerprint density at radius 2 is 2.04 bits per heavy atom. The van der Waals surface area contributed by atoms with Gasteiger partial charge in [0, 0.05) is 6.54 Å². The number of fused-ring (bicyclic) bond motifs is 1. The summed E-state index contributed by atoms with van der Waals surface area (Å²) in [6, 6.07) is 15.4. The van der Waals surface area contributed by atoms with Crippen molar-refractivity contribution in [1.82, 2.24) is 9.88 Å². The summed E-state index contributed by atoms with van der Waals surface area (Å²) in [6.45, 7) is 3.33. The summed E-state index contributed by atoms with van der Waals surface area (Å²) in [5.74, 6) is 0.0690. The first-order valence-corrected chi connectivity index (χ1v) is 10.6. The second kappa shape index (κ2) is 8.29. The maximum Gasteiger partial charge on any atom is 0.320 e. The van der Waals surface area contributed by atoms with E-state index in [-0.39, 0.29) is 6.04 Å². The van der Waals surface area contributed by atoms with Crippen LogP contribution in [0.5, 0.6) is 5.75 Å². The molecule has 1 N–H and O–H groups in total. The Bertz CT molecular complexity index is 921. The topological polar surface area (TPSA) is 62.7 Å². The number of carboxylic acids is 1. The molecule has 1 aliphatic heterocycles. The van der Waals surface area contributed by atoms with Crippen LogP contribution in [0.25, 0.3) is 10.2 Å². The maximum atomic E-state index is 12.0. The van der Waals surface area contributed by atoms with Crippen LogP contribution < -0.4 is 4.74 Å². The summed E-state index contributed by atoms with van der Waals surface area (Å²) in [4.78, 5) is 18.9. The monoisotopic (exact) mass is 396 g/mol. The number of ether oxygens (including phenoxy) is 1. The predicted octanol–water partition coefficient (Wildman–Crippen LogP) is 4.72. The van der Waals surface area contributed by atoms with E-state index in [9.17, 15) is 9.90 Å². The van der Waals surface area contributed by atoms with Gasteiger partial charge in [-0.2, -0.15) is 0 Å². The molecular formula is C22H24N2O3S. The van der Waals surface area contributed by atoms with E-state index < -0.39 is 12.0 Å². The summed E-state index contributed by atoms with van der Waals surface area (Å²) < 4.78 is 6.70. The molecule has 1 aromatic heterocycles. The Hall–Kier alpha value is -2.44. The van der Waals surface area contributed by atoms with Crippen molar-refractivity contribution < 1.29 is 14.6 Å². The van der Waals surface area contributed by atoms with Crippen LogP contribution in [0, 0.1) is 0 Å². The van der Waals surface area contributed by atoms with Crippen LogP contribution in [0.4, 0.5) is 0 Å². The molecule has 1 fully saturated rings. The molecule has 6 heteroatoms. The Balaban J connectivity index is 1.78. The Morgan fingerprint density at radius 3 is 2.75 bits per heavy atom. The smallest absolute Gasteiger partial charge is 0.320 e. The first-order valence-electron chi connectivity index (χ1n) is 9.74. The Kier molecular flexibility index (Phi) is 5.59. The number of carbonyl (C=O) groups is 1. The van der Waals surface area contributed by atoms with Gasteiger partial charge in [-0.25, -0.2) is 4.98 Å². The number of aliphatic carboxylic acids is 1. The van der Waals surface area contributed by atoms with Crippen molar-refractivity contribution >= 4 is 27.5 Å². The van der Waals surface area contributed by atoms with E-state index in [1.807, 2.05) is 49.4 Å². The molecule has 0 amide bonds. The van der Waals surface area contributed by atoms with Crippen molar-refractivity contribution in [1.29, 1.82) is 0 Å². The van der Waals surface area contributed by atoms with Gasteiger partial charge in [-0.15, -0.1) is 11.3 Å². The minimum Gasteiger partial charge on any atom is -0.494 e. The fraction of sp³-hybridized carbons (Fsp3) is 0.364. The van der Waals surface area contributed by atoms with Crippen LogP contribution in [-0.2, 0) is 4.79 Å². The Morgan fingerprint density at radius 1 is 1.25 bits per heavy atom. The molecule has 0 spiro atoms. The highest BCUT2D eigenvalue weighted by Crippen LogP contribution is 2.38. The molecule has 1 aliphatic rings. The van der Waals surface area contributed by atoms with Gasteiger partial charge in [0.05, 0.1) is 22.9 Å². The van der Waals surface area contributed by atoms with E-state index in [0.29, 0.717) is 13.0 Å². The van der Waals surface area contributed by atoms with E-state index in [4.69, 9.17) is 9.72 Å². The highest BCUT2D eigenvalue weighted by Gasteiger charge is 2.36. The van der Waals surface area contributed by atoms with Gasteiger partial charge in [0.15, 0.2) is 0 Å². The Labute approximate surface area is 168 Å². The average Bonchev–Trinajstić information content (AvgIpc) is 3.13. The van der Waals surface area contributed by atoms with Gasteiger partial charge in [-0.3, -0.25) is 9.69 Å². The van der Waals surface area contributed by atoms with Gasteiger partial charge >= 0.3 is 5.97 Å². The van der Waals surface area contributed by atoms with Crippen molar-refractivity contribution in [3.63, 3.8) is 0 Å². The van der Waals surface area contributed by atoms with Crippen molar-refractivity contribution in [2.45, 2.75) is 38.3 Å². The number of hydrogen-bond donors (Lipinski definition) is 1. The lowest BCUT2D eigenvalue weighted by Crippen LogP contribution is -2.46. The first-order chi connectivity index (χ1) is 13.7. The van der Waals surface area contributed by atoms with Crippen LogP contribution in [0.1, 0.15) is 42.8 Å². The number of likely N-dealkylation sites (tertiary alicyclic amines) is 1. The molecule has 0 radical (unpaired) electrons. The number of para-hydroxylation sites is 1. The van der Waals surface area contributed by atoms with Crippen LogP contribution >= 0.6 is 11.3 Å². The zero-order valence-electron chi connectivity index (χ0n) is 15.9. The third-order valence-corrected chi connectivity index (χ3v) is 6.30. The fourth-order valence-electron chi connectivity index (χ4n) is 3.92. The van der Waals surface area contributed by atoms with E-state index >= 15 is 0 Å². The SMILES string of the molecule is CCOc1ccc(C(c2nc3ccccc3s2)N2CCCCC2C(=O)O)cc1. The molecule has 28 heavy (non-hydrogen) atoms. The second-order valence-electron chi connectivity index (χ2n) is 7.01. The number of piperidine rings is 1. The second-order valence-corrected chi connectivity index (χ2v) is 8.07. The summed E-state index contributed by atoms with van der Waals surface area (Å²) in [5.41, 5.74) is 2.01. The number of hydrogen-bond acceptors (Lipinski definition) is 5. The van der Waals surface area contributed by atoms with Crippen molar-refractivity contribution in [3.05, 3.63) is 59.1 Å². The van der Waals surface area contributed by atoms with E-state index in [2.05, 4.69) is 11.0 Å². The summed E-state index contributed by atoms with van der Waals surface area (Å²) in [7, 11) is 0. The van der Waals surface area contributed by atoms with Crippen LogP contribution in [0.15, 0.2) is 48.5 Å². The molecular weight excluding hydrogens is 372 g/mol. The molecule has 4 rings (SSSR count). The summed E-state index contributed by atoms with van der Waals surface area (Å²) in [6.07, 6.45) is 2.62. The molecule has 146 valence electrons. The zero-order chi connectivity index (χ0) is 19.5. The number of thiazole rings is 1. The molecule has 1 saturated heterocycles. The van der Waals surface area contributed by atoms with Crippen molar-refractivity contribution in [2.24, 2.45) is 0 Å². The summed E-state index contributed by atoms with van der Waals surface area (Å²) >= 11 is 1.65. The number of carboxylic acid groups (broad SMARTS) is 1. The molecule has 3 aromatic rings. The number of benzene rings is 2. The molecule has 5 nitrogen and oxygen atoms in total. The number of aromatic nitrogens is 1. The molecule has 0 aliphatic carbocycles. The third-order valence-electron chi connectivity index (χ3n) is 5.21. The van der Waals surface area contributed by atoms with Crippen LogP contribution in [0.3, 0.4) is 0 Å². The zero-order valence-corrected chi connectivity index (χ0v) is 16.7. The van der Waals surface area contributed by atoms with Gasteiger partial charge in [0.2, 0.25) is 0 Å². The normalized spacial score (nSPS) is 18.8. The molecule has 2 atom stereocenters. The van der Waals surface area contributed by atoms with Crippen molar-refractivity contribution in [2.75, 3.05) is 13.2 Å². The maximum absolute atomic E-state index is 12.0. The van der Waals surface area contributed by atoms with E-state index in [1.165, 1.54) is 0 Å². The number of nitrogens with zero attached hydrogens (tertiary/aromatic N) is 2. The first kappa shape index (κ1) is 18.9. The van der Waals surface area contributed by atoms with Gasteiger partial charge in [0.25, 0.3) is 0 Å². The molecule has 0 saturated carbocycles. The van der Waals surface area contributed by atoms with Gasteiger partial charge in [-0.1, -0.05) is 30.7 Å². The van der Waals surface area contributed by atoms with E-state index in [0.717, 1.165) is 45.9 Å². The minimum atomic E-state index is -0.753. The molecule has 2 heterocycles. The quantitative estimate of drug-likeness (QED) is 0.653. The largest absolute Gasteiger partial charge is 0.494 e. The predicted molar refractivity (Wildman–Crippen MR) is 111 cm³/mol. The highest BCUT2D eigenvalue weighted by molar-refractivity contribution is 7.18. The van der Waals surface area contributed by atoms with Gasteiger partial charge < -0.3 is 9.84 Å². The van der Waals surface area contributed by atoms with E-state index in [1.54, 1.807) is 11.3 Å². The third kappa shape index (κ3) is 3.75. The number of rotatable bonds is 6. The lowest BCUT2D eigenvalue weighted by atomic mass is 9.96. The molecule has 2 unspecified atom stereocenters. The molecule has 0 bridgehead atoms. The average molecular weight is 397 g/mol. The van der Waals surface area contributed by atoms with Gasteiger partial charge in [0.1, 0.15) is 16.8 Å². The van der Waals surface area contributed by atoms with Crippen LogP contribution in [-0.4, -0.2) is 40.2 Å². The lowest BCUT2D eigenvalue weighted by molar-refractivity contribution is -0.145. The minimum absolute atomic E-state index is 0.172. The van der Waals surface area contributed by atoms with Gasteiger partial charge in [-0.05, 0) is 49.6 Å². The highest BCUT2D eigenvalue weighted by atomic mass is 32.1.